The van der Waals surface area contributed by atoms with Gasteiger partial charge in [0.2, 0.25) is 0 Å². The van der Waals surface area contributed by atoms with Crippen LogP contribution in [0.2, 0.25) is 0 Å². The Morgan fingerprint density at radius 2 is 1.76 bits per heavy atom. The molecule has 0 saturated heterocycles. The number of hydrogen-bond donors (Lipinski definition) is 1. The number of rotatable bonds is 6. The smallest absolute Gasteiger partial charge is 0.310 e. The normalized spacial score (nSPS) is 16.0. The van der Waals surface area contributed by atoms with Gasteiger partial charge in [0.05, 0.1) is 10.5 Å². The number of amides is 1. The maximum absolute atomic E-state index is 13.2. The fraction of sp³-hybridized carbons (Fsp3) is 0.176. The van der Waals surface area contributed by atoms with Gasteiger partial charge in [-0.2, -0.15) is 5.26 Å². The van der Waals surface area contributed by atoms with Crippen LogP contribution in [0.15, 0.2) is 51.8 Å². The van der Waals surface area contributed by atoms with Gasteiger partial charge in [0.15, 0.2) is 5.54 Å². The van der Waals surface area contributed by atoms with Gasteiger partial charge in [0.25, 0.3) is 5.91 Å². The molecule has 0 fully saturated rings. The van der Waals surface area contributed by atoms with Crippen LogP contribution >= 0.6 is 26.2 Å². The number of nitrogens with zero attached hydrogens (tertiary/aromatic N) is 1. The van der Waals surface area contributed by atoms with Crippen molar-refractivity contribution in [3.05, 3.63) is 58.3 Å². The summed E-state index contributed by atoms with van der Waals surface area (Å²) in [7, 11) is -9.85. The first-order valence-corrected chi connectivity index (χ1v) is 10.4. The van der Waals surface area contributed by atoms with E-state index in [1.54, 1.807) is 6.07 Å². The van der Waals surface area contributed by atoms with Gasteiger partial charge in [-0.05, 0) is 65.3 Å². The van der Waals surface area contributed by atoms with Crippen LogP contribution in [-0.2, 0) is 0 Å². The highest BCUT2D eigenvalue weighted by Crippen LogP contribution is 3.02. The third kappa shape index (κ3) is 6.04. The maximum Gasteiger partial charge on any atom is 0.310 e. The van der Waals surface area contributed by atoms with Gasteiger partial charge in [0.1, 0.15) is 23.1 Å². The van der Waals surface area contributed by atoms with E-state index in [0.29, 0.717) is 12.1 Å². The van der Waals surface area contributed by atoms with Crippen molar-refractivity contribution in [1.29, 1.82) is 5.26 Å². The summed E-state index contributed by atoms with van der Waals surface area (Å²) >= 11 is 2.96. The minimum absolute atomic E-state index is 0.104. The van der Waals surface area contributed by atoms with E-state index < -0.39 is 32.4 Å². The van der Waals surface area contributed by atoms with Crippen LogP contribution in [0.5, 0.6) is 5.75 Å². The fourth-order valence-corrected chi connectivity index (χ4v) is 3.09. The predicted molar refractivity (Wildman–Crippen MR) is 98.9 cm³/mol. The molecule has 12 heteroatoms. The Labute approximate surface area is 170 Å². The van der Waals surface area contributed by atoms with Crippen LogP contribution in [0, 0.1) is 17.1 Å². The SMILES string of the molecule is CC(C#N)(COc1ccc(F)c(Br)c1)NC(=O)c1ccc(S(F)(F)(F)(F)F)cc1. The van der Waals surface area contributed by atoms with E-state index in [-0.39, 0.29) is 34.5 Å². The van der Waals surface area contributed by atoms with E-state index >= 15 is 0 Å². The molecule has 2 aromatic carbocycles. The molecule has 29 heavy (non-hydrogen) atoms. The maximum atomic E-state index is 13.2. The second kappa shape index (κ2) is 6.84. The van der Waals surface area contributed by atoms with E-state index in [9.17, 15) is 33.9 Å². The van der Waals surface area contributed by atoms with Crippen LogP contribution < -0.4 is 10.1 Å². The zero-order valence-corrected chi connectivity index (χ0v) is 17.0. The molecule has 0 heterocycles. The Balaban J connectivity index is 2.12. The van der Waals surface area contributed by atoms with Gasteiger partial charge in [-0.3, -0.25) is 4.79 Å². The largest absolute Gasteiger partial charge is 0.490 e. The van der Waals surface area contributed by atoms with Crippen LogP contribution in [0.3, 0.4) is 0 Å². The first-order valence-electron chi connectivity index (χ1n) is 7.69. The van der Waals surface area contributed by atoms with Crippen molar-refractivity contribution >= 4 is 32.1 Å². The molecule has 0 aromatic heterocycles. The van der Waals surface area contributed by atoms with Crippen molar-refractivity contribution in [2.75, 3.05) is 6.61 Å². The van der Waals surface area contributed by atoms with Gasteiger partial charge < -0.3 is 10.1 Å². The van der Waals surface area contributed by atoms with Gasteiger partial charge in [0, 0.05) is 5.56 Å². The Morgan fingerprint density at radius 3 is 2.24 bits per heavy atom. The summed E-state index contributed by atoms with van der Waals surface area (Å²) in [5.74, 6) is -1.32. The van der Waals surface area contributed by atoms with Crippen molar-refractivity contribution in [2.45, 2.75) is 17.4 Å². The molecule has 4 nitrogen and oxygen atoms in total. The van der Waals surface area contributed by atoms with E-state index in [1.807, 2.05) is 0 Å². The minimum atomic E-state index is -9.85. The number of carbonyl (C=O) groups is 1. The third-order valence-electron chi connectivity index (χ3n) is 3.62. The van der Waals surface area contributed by atoms with Gasteiger partial charge in [-0.25, -0.2) is 4.39 Å². The number of nitriles is 1. The van der Waals surface area contributed by atoms with Crippen molar-refractivity contribution in [3.8, 4) is 11.8 Å². The van der Waals surface area contributed by atoms with Crippen LogP contribution in [0.4, 0.5) is 23.8 Å². The molecule has 0 aliphatic rings. The summed E-state index contributed by atoms with van der Waals surface area (Å²) in [6.45, 7) is 0.906. The van der Waals surface area contributed by atoms with Crippen molar-refractivity contribution in [2.24, 2.45) is 0 Å². The second-order valence-electron chi connectivity index (χ2n) is 6.26. The minimum Gasteiger partial charge on any atom is -0.490 e. The summed E-state index contributed by atoms with van der Waals surface area (Å²) in [6.07, 6.45) is 0. The molecule has 1 atom stereocenters. The lowest BCUT2D eigenvalue weighted by Crippen LogP contribution is -2.49. The molecule has 1 amide bonds. The van der Waals surface area contributed by atoms with Crippen LogP contribution in [0.25, 0.3) is 0 Å². The number of hydrogen-bond acceptors (Lipinski definition) is 3. The molecule has 2 rings (SSSR count). The molecule has 1 N–H and O–H groups in total. The first-order chi connectivity index (χ1) is 13.0. The summed E-state index contributed by atoms with van der Waals surface area (Å²) < 4.78 is 82.4. The molecule has 0 aliphatic carbocycles. The monoisotopic (exact) mass is 502 g/mol. The van der Waals surface area contributed by atoms with Gasteiger partial charge >= 0.3 is 10.2 Å². The lowest BCUT2D eigenvalue weighted by molar-refractivity contribution is 0.0901. The van der Waals surface area contributed by atoms with Crippen LogP contribution in [-0.4, -0.2) is 18.1 Å². The van der Waals surface area contributed by atoms with Crippen LogP contribution in [0.1, 0.15) is 17.3 Å². The number of carbonyl (C=O) groups excluding carboxylic acids is 1. The lowest BCUT2D eigenvalue weighted by atomic mass is 10.1. The molecule has 0 radical (unpaired) electrons. The molecule has 0 bridgehead atoms. The highest BCUT2D eigenvalue weighted by atomic mass is 79.9. The molecule has 2 aromatic rings. The molecule has 158 valence electrons. The standard InChI is InChI=1S/C17H13BrF6N2O2S/c1-17(9-25,10-28-12-4-7-15(19)14(18)8-12)26-16(27)11-2-5-13(6-3-11)29(20,21,22,23)24/h2-8H,10H2,1H3,(H,26,27). The topological polar surface area (TPSA) is 62.1 Å². The average Bonchev–Trinajstić information content (AvgIpc) is 2.61. The number of halogens is 7. The molecular formula is C17H13BrF6N2O2S. The summed E-state index contributed by atoms with van der Waals surface area (Å²) in [5, 5.41) is 11.6. The van der Waals surface area contributed by atoms with E-state index in [0.717, 1.165) is 6.07 Å². The van der Waals surface area contributed by atoms with E-state index in [4.69, 9.17) is 4.74 Å². The Hall–Kier alpha value is -2.39. The summed E-state index contributed by atoms with van der Waals surface area (Å²) in [5.41, 5.74) is -1.97. The highest BCUT2D eigenvalue weighted by molar-refractivity contribution is 9.10. The molecule has 1 unspecified atom stereocenters. The Morgan fingerprint density at radius 1 is 1.17 bits per heavy atom. The lowest BCUT2D eigenvalue weighted by Gasteiger charge is -2.40. The van der Waals surface area contributed by atoms with E-state index in [1.165, 1.54) is 19.1 Å². The highest BCUT2D eigenvalue weighted by Gasteiger charge is 2.65. The fourth-order valence-electron chi connectivity index (χ4n) is 2.08. The van der Waals surface area contributed by atoms with Crippen molar-refractivity contribution in [1.82, 2.24) is 5.32 Å². The quantitative estimate of drug-likeness (QED) is 0.469. The number of benzene rings is 2. The first kappa shape index (κ1) is 22.9. The molecule has 0 spiro atoms. The van der Waals surface area contributed by atoms with E-state index in [2.05, 4.69) is 21.2 Å². The van der Waals surface area contributed by atoms with Gasteiger partial charge in [-0.1, -0.05) is 19.4 Å². The molecule has 0 saturated carbocycles. The third-order valence-corrected chi connectivity index (χ3v) is 5.39. The Bertz CT molecular complexity index is 993. The number of ether oxygens (including phenoxy) is 1. The predicted octanol–water partition coefficient (Wildman–Crippen LogP) is 6.34. The number of nitrogens with one attached hydrogen (secondary N) is 1. The molecular weight excluding hydrogens is 490 g/mol. The average molecular weight is 503 g/mol. The zero-order chi connectivity index (χ0) is 22.2. The Kier molecular flexibility index (Phi) is 5.40. The van der Waals surface area contributed by atoms with Crippen molar-refractivity contribution in [3.63, 3.8) is 0 Å². The second-order valence-corrected chi connectivity index (χ2v) is 9.52. The summed E-state index contributed by atoms with van der Waals surface area (Å²) in [4.78, 5) is 10.1. The molecule has 0 aliphatic heterocycles. The summed E-state index contributed by atoms with van der Waals surface area (Å²) in [6, 6.07) is 6.86. The zero-order valence-electron chi connectivity index (χ0n) is 14.6. The van der Waals surface area contributed by atoms with Crippen molar-refractivity contribution < 1.29 is 33.4 Å². The van der Waals surface area contributed by atoms with Gasteiger partial charge in [-0.15, -0.1) is 0 Å².